The van der Waals surface area contributed by atoms with Crippen molar-refractivity contribution in [1.82, 2.24) is 0 Å². The molecule has 0 fully saturated rings. The molecule has 17 heavy (non-hydrogen) atoms. The third-order valence-corrected chi connectivity index (χ3v) is 3.40. The molecule has 4 heteroatoms. The van der Waals surface area contributed by atoms with Gasteiger partial charge < -0.3 is 10.6 Å². The summed E-state index contributed by atoms with van der Waals surface area (Å²) in [6, 6.07) is 8.36. The zero-order chi connectivity index (χ0) is 12.8. The fraction of sp³-hybridized carbons (Fsp3) is 0.462. The van der Waals surface area contributed by atoms with Crippen LogP contribution in [0.1, 0.15) is 31.9 Å². The Morgan fingerprint density at radius 3 is 2.71 bits per heavy atom. The highest BCUT2D eigenvalue weighted by Crippen LogP contribution is 2.27. The number of anilines is 1. The molecule has 1 aromatic rings. The average molecular weight is 296 g/mol. The van der Waals surface area contributed by atoms with E-state index in [0.29, 0.717) is 6.42 Å². The predicted molar refractivity (Wildman–Crippen MR) is 74.9 cm³/mol. The van der Waals surface area contributed by atoms with Crippen molar-refractivity contribution < 1.29 is 0 Å². The van der Waals surface area contributed by atoms with Gasteiger partial charge >= 0.3 is 0 Å². The van der Waals surface area contributed by atoms with Crippen molar-refractivity contribution in [2.45, 2.75) is 26.3 Å². The Balaban J connectivity index is 2.91. The molecule has 0 unspecified atom stereocenters. The van der Waals surface area contributed by atoms with Crippen molar-refractivity contribution in [3.8, 4) is 6.07 Å². The molecular weight excluding hydrogens is 278 g/mol. The van der Waals surface area contributed by atoms with Crippen LogP contribution in [0.3, 0.4) is 0 Å². The van der Waals surface area contributed by atoms with Crippen LogP contribution in [0.25, 0.3) is 0 Å². The Kier molecular flexibility index (Phi) is 5.46. The van der Waals surface area contributed by atoms with Gasteiger partial charge in [0.05, 0.1) is 12.5 Å². The number of nitriles is 1. The lowest BCUT2D eigenvalue weighted by Gasteiger charge is -2.23. The molecule has 2 N–H and O–H groups in total. The van der Waals surface area contributed by atoms with Crippen molar-refractivity contribution in [3.05, 3.63) is 28.2 Å². The third kappa shape index (κ3) is 3.72. The van der Waals surface area contributed by atoms with Crippen molar-refractivity contribution in [3.63, 3.8) is 0 Å². The quantitative estimate of drug-likeness (QED) is 0.907. The lowest BCUT2D eigenvalue weighted by molar-refractivity contribution is 0.805. The van der Waals surface area contributed by atoms with E-state index in [4.69, 9.17) is 11.0 Å². The van der Waals surface area contributed by atoms with Gasteiger partial charge in [-0.1, -0.05) is 22.0 Å². The molecule has 0 aromatic heterocycles. The summed E-state index contributed by atoms with van der Waals surface area (Å²) in [4.78, 5) is 2.18. The summed E-state index contributed by atoms with van der Waals surface area (Å²) in [6.07, 6.45) is 0.542. The van der Waals surface area contributed by atoms with Crippen LogP contribution in [0.15, 0.2) is 22.7 Å². The molecule has 0 radical (unpaired) electrons. The van der Waals surface area contributed by atoms with Gasteiger partial charge in [0.25, 0.3) is 0 Å². The Labute approximate surface area is 111 Å². The number of benzene rings is 1. The lowest BCUT2D eigenvalue weighted by Crippen LogP contribution is -2.23. The average Bonchev–Trinajstić information content (AvgIpc) is 2.29. The number of hydrogen-bond donors (Lipinski definition) is 1. The van der Waals surface area contributed by atoms with Crippen LogP contribution in [0.4, 0.5) is 5.69 Å². The summed E-state index contributed by atoms with van der Waals surface area (Å²) >= 11 is 3.54. The summed E-state index contributed by atoms with van der Waals surface area (Å²) in [5.74, 6) is 0. The Bertz CT molecular complexity index is 410. The monoisotopic (exact) mass is 295 g/mol. The van der Waals surface area contributed by atoms with Crippen molar-refractivity contribution in [2.75, 3.05) is 18.0 Å². The van der Waals surface area contributed by atoms with Gasteiger partial charge in [0.15, 0.2) is 0 Å². The molecule has 0 saturated heterocycles. The van der Waals surface area contributed by atoms with Crippen LogP contribution in [-0.2, 0) is 0 Å². The molecule has 0 saturated carbocycles. The topological polar surface area (TPSA) is 53.0 Å². The van der Waals surface area contributed by atoms with Gasteiger partial charge in [-0.2, -0.15) is 5.26 Å². The van der Waals surface area contributed by atoms with Crippen LogP contribution in [-0.4, -0.2) is 13.1 Å². The highest BCUT2D eigenvalue weighted by molar-refractivity contribution is 9.10. The van der Waals surface area contributed by atoms with Crippen molar-refractivity contribution in [2.24, 2.45) is 5.73 Å². The Morgan fingerprint density at radius 2 is 2.24 bits per heavy atom. The van der Waals surface area contributed by atoms with Crippen LogP contribution in [0.2, 0.25) is 0 Å². The molecular formula is C13H18BrN3. The first-order valence-corrected chi connectivity index (χ1v) is 6.56. The number of halogens is 1. The molecule has 0 aliphatic heterocycles. The zero-order valence-electron chi connectivity index (χ0n) is 10.3. The summed E-state index contributed by atoms with van der Waals surface area (Å²) in [6.45, 7) is 5.71. The highest BCUT2D eigenvalue weighted by Gasteiger charge is 2.09. The van der Waals surface area contributed by atoms with E-state index in [1.54, 1.807) is 0 Å². The molecule has 0 spiro atoms. The fourth-order valence-electron chi connectivity index (χ4n) is 1.74. The summed E-state index contributed by atoms with van der Waals surface area (Å²) in [5.41, 5.74) is 8.09. The maximum atomic E-state index is 8.63. The fourth-order valence-corrected chi connectivity index (χ4v) is 2.46. The van der Waals surface area contributed by atoms with E-state index in [9.17, 15) is 0 Å². The molecule has 1 rings (SSSR count). The van der Waals surface area contributed by atoms with Gasteiger partial charge in [-0.3, -0.25) is 0 Å². The first kappa shape index (κ1) is 14.0. The van der Waals surface area contributed by atoms with E-state index >= 15 is 0 Å². The molecule has 0 aliphatic rings. The number of hydrogen-bond acceptors (Lipinski definition) is 3. The van der Waals surface area contributed by atoms with Crippen LogP contribution in [0, 0.1) is 11.3 Å². The zero-order valence-corrected chi connectivity index (χ0v) is 11.9. The molecule has 3 nitrogen and oxygen atoms in total. The van der Waals surface area contributed by atoms with Crippen LogP contribution in [0.5, 0.6) is 0 Å². The molecule has 0 aliphatic carbocycles. The maximum absolute atomic E-state index is 8.63. The van der Waals surface area contributed by atoms with Gasteiger partial charge in [-0.15, -0.1) is 0 Å². The molecule has 0 heterocycles. The normalized spacial score (nSPS) is 11.9. The van der Waals surface area contributed by atoms with E-state index in [-0.39, 0.29) is 6.04 Å². The molecule has 0 bridgehead atoms. The Hall–Kier alpha value is -1.05. The first-order chi connectivity index (χ1) is 8.10. The molecule has 1 aromatic carbocycles. The standard InChI is InChI=1S/C13H18BrN3/c1-3-17(8-4-7-15)11-5-6-12(10(2)16)13(14)9-11/h5-6,9-10H,3-4,8,16H2,1-2H3/t10-/m1/s1. The van der Waals surface area contributed by atoms with E-state index in [1.807, 2.05) is 13.0 Å². The maximum Gasteiger partial charge on any atom is 0.0640 e. The largest absolute Gasteiger partial charge is 0.371 e. The SMILES string of the molecule is CCN(CCC#N)c1ccc([C@@H](C)N)c(Br)c1. The minimum atomic E-state index is 0.0209. The van der Waals surface area contributed by atoms with Gasteiger partial charge in [-0.25, -0.2) is 0 Å². The predicted octanol–water partition coefficient (Wildman–Crippen LogP) is 3.21. The van der Waals surface area contributed by atoms with Crippen molar-refractivity contribution >= 4 is 21.6 Å². The summed E-state index contributed by atoms with van der Waals surface area (Å²) < 4.78 is 1.03. The van der Waals surface area contributed by atoms with E-state index < -0.39 is 0 Å². The van der Waals surface area contributed by atoms with E-state index in [0.717, 1.165) is 28.8 Å². The first-order valence-electron chi connectivity index (χ1n) is 5.77. The summed E-state index contributed by atoms with van der Waals surface area (Å²) in [5, 5.41) is 8.63. The van der Waals surface area contributed by atoms with Gasteiger partial charge in [-0.05, 0) is 31.5 Å². The summed E-state index contributed by atoms with van der Waals surface area (Å²) in [7, 11) is 0. The van der Waals surface area contributed by atoms with Crippen LogP contribution >= 0.6 is 15.9 Å². The number of nitrogens with two attached hydrogens (primary N) is 1. The molecule has 1 atom stereocenters. The van der Waals surface area contributed by atoms with Gasteiger partial charge in [0.2, 0.25) is 0 Å². The highest BCUT2D eigenvalue weighted by atomic mass is 79.9. The van der Waals surface area contributed by atoms with E-state index in [1.165, 1.54) is 0 Å². The third-order valence-electron chi connectivity index (χ3n) is 2.71. The minimum Gasteiger partial charge on any atom is -0.371 e. The van der Waals surface area contributed by atoms with Gasteiger partial charge in [0.1, 0.15) is 0 Å². The number of nitrogens with zero attached hydrogens (tertiary/aromatic N) is 2. The second-order valence-electron chi connectivity index (χ2n) is 3.98. The van der Waals surface area contributed by atoms with E-state index in [2.05, 4.69) is 46.0 Å². The second-order valence-corrected chi connectivity index (χ2v) is 4.84. The van der Waals surface area contributed by atoms with Crippen LogP contribution < -0.4 is 10.6 Å². The second kappa shape index (κ2) is 6.63. The molecule has 92 valence electrons. The van der Waals surface area contributed by atoms with Crippen molar-refractivity contribution in [1.29, 1.82) is 5.26 Å². The smallest absolute Gasteiger partial charge is 0.0640 e. The molecule has 0 amide bonds. The van der Waals surface area contributed by atoms with Gasteiger partial charge in [0, 0.05) is 29.3 Å². The lowest BCUT2D eigenvalue weighted by atomic mass is 10.1. The Morgan fingerprint density at radius 1 is 1.53 bits per heavy atom. The minimum absolute atomic E-state index is 0.0209. The number of rotatable bonds is 5.